The highest BCUT2D eigenvalue weighted by Crippen LogP contribution is 2.21. The average Bonchev–Trinajstić information content (AvgIpc) is 2.56. The normalized spacial score (nSPS) is 14.1. The molecule has 1 aromatic rings. The van der Waals surface area contributed by atoms with Crippen LogP contribution in [-0.4, -0.2) is 26.8 Å². The number of hydrogen-bond donors (Lipinski definition) is 1. The minimum Gasteiger partial charge on any atom is -0.321 e. The van der Waals surface area contributed by atoms with Crippen LogP contribution in [0.4, 0.5) is 0 Å². The summed E-state index contributed by atoms with van der Waals surface area (Å²) in [6.45, 7) is 6.33. The first-order valence-electron chi connectivity index (χ1n) is 5.52. The minimum atomic E-state index is -0.0186. The van der Waals surface area contributed by atoms with E-state index in [0.717, 1.165) is 23.8 Å². The van der Waals surface area contributed by atoms with Gasteiger partial charge in [-0.25, -0.2) is 4.98 Å². The molecular formula is C11H22N4S. The molecule has 0 aliphatic heterocycles. The van der Waals surface area contributed by atoms with Crippen LogP contribution in [0.25, 0.3) is 0 Å². The highest BCUT2D eigenvalue weighted by Gasteiger charge is 2.22. The van der Waals surface area contributed by atoms with E-state index in [1.165, 1.54) is 0 Å². The molecule has 5 heteroatoms. The lowest BCUT2D eigenvalue weighted by Gasteiger charge is -2.12. The third-order valence-electron chi connectivity index (χ3n) is 2.43. The van der Waals surface area contributed by atoms with Gasteiger partial charge in [-0.05, 0) is 18.4 Å². The zero-order chi connectivity index (χ0) is 12.3. The van der Waals surface area contributed by atoms with Crippen LogP contribution >= 0.6 is 11.8 Å². The molecule has 0 aliphatic rings. The monoisotopic (exact) mass is 242 g/mol. The molecule has 1 unspecified atom stereocenters. The number of thioether (sulfide) groups is 1. The second-order valence-corrected chi connectivity index (χ2v) is 6.04. The Balaban J connectivity index is 2.85. The van der Waals surface area contributed by atoms with Gasteiger partial charge in [-0.2, -0.15) is 16.9 Å². The van der Waals surface area contributed by atoms with E-state index in [1.54, 1.807) is 11.8 Å². The van der Waals surface area contributed by atoms with Crippen LogP contribution < -0.4 is 5.73 Å². The molecule has 0 aromatic carbocycles. The van der Waals surface area contributed by atoms with Crippen molar-refractivity contribution >= 4 is 11.8 Å². The Morgan fingerprint density at radius 3 is 2.50 bits per heavy atom. The molecule has 0 amide bonds. The lowest BCUT2D eigenvalue weighted by atomic mass is 9.96. The highest BCUT2D eigenvalue weighted by molar-refractivity contribution is 7.98. The van der Waals surface area contributed by atoms with Crippen molar-refractivity contribution in [2.45, 2.75) is 38.6 Å². The molecule has 4 nitrogen and oxygen atoms in total. The largest absolute Gasteiger partial charge is 0.321 e. The molecule has 0 aliphatic carbocycles. The third kappa shape index (κ3) is 3.22. The summed E-state index contributed by atoms with van der Waals surface area (Å²) >= 11 is 1.81. The van der Waals surface area contributed by atoms with Crippen molar-refractivity contribution in [1.29, 1.82) is 0 Å². The molecule has 0 saturated carbocycles. The molecule has 0 fully saturated rings. The molecule has 0 bridgehead atoms. The topological polar surface area (TPSA) is 56.7 Å². The molecule has 1 aromatic heterocycles. The Hall–Kier alpha value is -0.550. The molecule has 1 atom stereocenters. The van der Waals surface area contributed by atoms with Crippen LogP contribution in [0.1, 0.15) is 44.9 Å². The second kappa shape index (κ2) is 5.19. The van der Waals surface area contributed by atoms with Crippen molar-refractivity contribution in [3.63, 3.8) is 0 Å². The van der Waals surface area contributed by atoms with Gasteiger partial charge in [-0.1, -0.05) is 20.8 Å². The van der Waals surface area contributed by atoms with E-state index < -0.39 is 0 Å². The number of hydrogen-bond acceptors (Lipinski definition) is 4. The van der Waals surface area contributed by atoms with Gasteiger partial charge >= 0.3 is 0 Å². The summed E-state index contributed by atoms with van der Waals surface area (Å²) in [6, 6.07) is -0.0129. The van der Waals surface area contributed by atoms with Gasteiger partial charge in [-0.3, -0.25) is 4.68 Å². The van der Waals surface area contributed by atoms with Crippen molar-refractivity contribution in [2.24, 2.45) is 12.8 Å². The van der Waals surface area contributed by atoms with E-state index in [1.807, 2.05) is 11.7 Å². The Labute approximate surface area is 102 Å². The molecule has 0 saturated heterocycles. The first-order chi connectivity index (χ1) is 7.36. The molecule has 0 radical (unpaired) electrons. The molecular weight excluding hydrogens is 220 g/mol. The maximum Gasteiger partial charge on any atom is 0.156 e. The molecule has 0 spiro atoms. The first-order valence-corrected chi connectivity index (χ1v) is 6.91. The molecule has 92 valence electrons. The van der Waals surface area contributed by atoms with Crippen LogP contribution in [0.2, 0.25) is 0 Å². The van der Waals surface area contributed by atoms with Crippen LogP contribution in [0.5, 0.6) is 0 Å². The second-order valence-electron chi connectivity index (χ2n) is 5.06. The molecule has 16 heavy (non-hydrogen) atoms. The summed E-state index contributed by atoms with van der Waals surface area (Å²) in [5, 5.41) is 4.43. The molecule has 1 heterocycles. The van der Waals surface area contributed by atoms with Crippen molar-refractivity contribution in [2.75, 3.05) is 12.0 Å². The standard InChI is InChI=1S/C11H22N4S/c1-11(2,3)10-13-9(15(4)14-10)8(12)6-7-16-5/h8H,6-7,12H2,1-5H3. The van der Waals surface area contributed by atoms with E-state index in [-0.39, 0.29) is 11.5 Å². The van der Waals surface area contributed by atoms with Crippen LogP contribution in [0, 0.1) is 0 Å². The summed E-state index contributed by atoms with van der Waals surface area (Å²) < 4.78 is 1.81. The Bertz CT molecular complexity index is 340. The summed E-state index contributed by atoms with van der Waals surface area (Å²) in [5.74, 6) is 2.81. The van der Waals surface area contributed by atoms with Gasteiger partial charge in [0.15, 0.2) is 5.82 Å². The van der Waals surface area contributed by atoms with Crippen molar-refractivity contribution in [3.05, 3.63) is 11.6 Å². The van der Waals surface area contributed by atoms with Gasteiger partial charge in [0.1, 0.15) is 5.82 Å². The fraction of sp³-hybridized carbons (Fsp3) is 0.818. The van der Waals surface area contributed by atoms with Gasteiger partial charge in [0, 0.05) is 12.5 Å². The maximum absolute atomic E-state index is 6.10. The number of rotatable bonds is 4. The number of aromatic nitrogens is 3. The number of aryl methyl sites for hydroxylation is 1. The zero-order valence-corrected chi connectivity index (χ0v) is 11.6. The van der Waals surface area contributed by atoms with Gasteiger partial charge in [0.2, 0.25) is 0 Å². The first kappa shape index (κ1) is 13.5. The van der Waals surface area contributed by atoms with Gasteiger partial charge < -0.3 is 5.73 Å². The van der Waals surface area contributed by atoms with E-state index >= 15 is 0 Å². The fourth-order valence-electron chi connectivity index (χ4n) is 1.41. The lowest BCUT2D eigenvalue weighted by Crippen LogP contribution is -2.16. The van der Waals surface area contributed by atoms with Gasteiger partial charge in [0.25, 0.3) is 0 Å². The van der Waals surface area contributed by atoms with Crippen LogP contribution in [-0.2, 0) is 12.5 Å². The highest BCUT2D eigenvalue weighted by atomic mass is 32.2. The van der Waals surface area contributed by atoms with E-state index in [4.69, 9.17) is 5.73 Å². The van der Waals surface area contributed by atoms with Crippen molar-refractivity contribution in [3.8, 4) is 0 Å². The molecule has 2 N–H and O–H groups in total. The Kier molecular flexibility index (Phi) is 4.38. The summed E-state index contributed by atoms with van der Waals surface area (Å²) in [6.07, 6.45) is 3.03. The smallest absolute Gasteiger partial charge is 0.156 e. The quantitative estimate of drug-likeness (QED) is 0.875. The predicted octanol–water partition coefficient (Wildman–Crippen LogP) is 1.87. The molecule has 1 rings (SSSR count). The average molecular weight is 242 g/mol. The predicted molar refractivity (Wildman–Crippen MR) is 69.6 cm³/mol. The van der Waals surface area contributed by atoms with Crippen molar-refractivity contribution < 1.29 is 0 Å². The van der Waals surface area contributed by atoms with Crippen LogP contribution in [0.15, 0.2) is 0 Å². The van der Waals surface area contributed by atoms with E-state index in [0.29, 0.717) is 0 Å². The number of nitrogens with two attached hydrogens (primary N) is 1. The Morgan fingerprint density at radius 1 is 1.44 bits per heavy atom. The van der Waals surface area contributed by atoms with Crippen molar-refractivity contribution in [1.82, 2.24) is 14.8 Å². The van der Waals surface area contributed by atoms with Gasteiger partial charge in [-0.15, -0.1) is 0 Å². The Morgan fingerprint density at radius 2 is 2.06 bits per heavy atom. The van der Waals surface area contributed by atoms with Gasteiger partial charge in [0.05, 0.1) is 6.04 Å². The van der Waals surface area contributed by atoms with E-state index in [9.17, 15) is 0 Å². The fourth-order valence-corrected chi connectivity index (χ4v) is 1.90. The minimum absolute atomic E-state index is 0.0129. The number of nitrogens with zero attached hydrogens (tertiary/aromatic N) is 3. The summed E-state index contributed by atoms with van der Waals surface area (Å²) in [5.41, 5.74) is 6.08. The zero-order valence-electron chi connectivity index (χ0n) is 10.8. The summed E-state index contributed by atoms with van der Waals surface area (Å²) in [4.78, 5) is 4.55. The SMILES string of the molecule is CSCCC(N)c1nc(C(C)(C)C)nn1C. The lowest BCUT2D eigenvalue weighted by molar-refractivity contribution is 0.538. The van der Waals surface area contributed by atoms with E-state index in [2.05, 4.69) is 37.1 Å². The van der Waals surface area contributed by atoms with Crippen LogP contribution in [0.3, 0.4) is 0 Å². The third-order valence-corrected chi connectivity index (χ3v) is 3.08. The summed E-state index contributed by atoms with van der Waals surface area (Å²) in [7, 11) is 1.91. The maximum atomic E-state index is 6.10.